The van der Waals surface area contributed by atoms with Gasteiger partial charge in [0.15, 0.2) is 0 Å². The van der Waals surface area contributed by atoms with E-state index in [9.17, 15) is 0 Å². The van der Waals surface area contributed by atoms with Gasteiger partial charge in [-0.25, -0.2) is 5.01 Å². The highest BCUT2D eigenvalue weighted by molar-refractivity contribution is 5.81. The fourth-order valence-corrected chi connectivity index (χ4v) is 3.26. The molecule has 0 unspecified atom stereocenters. The number of fused-ring (bicyclic) bond motifs is 3. The summed E-state index contributed by atoms with van der Waals surface area (Å²) in [5.74, 6) is 0. The van der Waals surface area contributed by atoms with Crippen LogP contribution < -0.4 is 5.43 Å². The van der Waals surface area contributed by atoms with Gasteiger partial charge in [0.1, 0.15) is 0 Å². The third kappa shape index (κ3) is 2.56. The topological polar surface area (TPSA) is 15.3 Å². The molecule has 0 aromatic heterocycles. The van der Waals surface area contributed by atoms with Crippen LogP contribution in [0.3, 0.4) is 0 Å². The summed E-state index contributed by atoms with van der Waals surface area (Å²) in [5.41, 5.74) is 10.5. The average molecular weight is 280 g/mol. The highest BCUT2D eigenvalue weighted by atomic mass is 15.5. The Morgan fingerprint density at radius 2 is 1.52 bits per heavy atom. The predicted molar refractivity (Wildman–Crippen MR) is 90.4 cm³/mol. The first-order chi connectivity index (χ1) is 10.1. The first kappa shape index (κ1) is 14.2. The number of hydrazine groups is 1. The van der Waals surface area contributed by atoms with Crippen molar-refractivity contribution in [2.24, 2.45) is 0 Å². The van der Waals surface area contributed by atoms with Crippen molar-refractivity contribution in [3.63, 3.8) is 0 Å². The Morgan fingerprint density at radius 3 is 2.24 bits per heavy atom. The van der Waals surface area contributed by atoms with E-state index in [2.05, 4.69) is 80.6 Å². The molecule has 0 atom stereocenters. The van der Waals surface area contributed by atoms with Gasteiger partial charge in [-0.05, 0) is 56.0 Å². The SMILES string of the molecule is CC(C)N(Nc1cccc2c1Cc1ccccc1-2)C(C)C. The Hall–Kier alpha value is -1.80. The number of hydrogen-bond acceptors (Lipinski definition) is 2. The molecule has 21 heavy (non-hydrogen) atoms. The Morgan fingerprint density at radius 1 is 0.857 bits per heavy atom. The molecular weight excluding hydrogens is 256 g/mol. The van der Waals surface area contributed by atoms with Crippen molar-refractivity contribution in [2.45, 2.75) is 46.2 Å². The molecule has 110 valence electrons. The van der Waals surface area contributed by atoms with Crippen LogP contribution in [0.4, 0.5) is 5.69 Å². The van der Waals surface area contributed by atoms with Gasteiger partial charge in [0, 0.05) is 18.5 Å². The first-order valence-corrected chi connectivity index (χ1v) is 7.83. The Kier molecular flexibility index (Phi) is 3.73. The monoisotopic (exact) mass is 280 g/mol. The maximum Gasteiger partial charge on any atom is 0.0531 e. The maximum atomic E-state index is 3.65. The summed E-state index contributed by atoms with van der Waals surface area (Å²) in [7, 11) is 0. The summed E-state index contributed by atoms with van der Waals surface area (Å²) in [6.07, 6.45) is 1.03. The van der Waals surface area contributed by atoms with Gasteiger partial charge in [-0.15, -0.1) is 0 Å². The molecule has 1 N–H and O–H groups in total. The highest BCUT2D eigenvalue weighted by Crippen LogP contribution is 2.40. The molecule has 1 aliphatic rings. The fourth-order valence-electron chi connectivity index (χ4n) is 3.26. The molecule has 0 saturated carbocycles. The highest BCUT2D eigenvalue weighted by Gasteiger charge is 2.22. The molecule has 2 heteroatoms. The van der Waals surface area contributed by atoms with E-state index in [0.717, 1.165) is 6.42 Å². The van der Waals surface area contributed by atoms with Crippen molar-refractivity contribution < 1.29 is 0 Å². The second-order valence-electron chi connectivity index (χ2n) is 6.37. The molecule has 2 aromatic rings. The van der Waals surface area contributed by atoms with Crippen LogP contribution in [0, 0.1) is 0 Å². The Bertz CT molecular complexity index is 636. The van der Waals surface area contributed by atoms with E-state index >= 15 is 0 Å². The lowest BCUT2D eigenvalue weighted by molar-refractivity contribution is 0.218. The standard InChI is InChI=1S/C19H24N2/c1-13(2)21(14(3)4)20-19-11-7-10-17-16-9-6-5-8-15(16)12-18(17)19/h5-11,13-14,20H,12H2,1-4H3. The molecule has 1 aliphatic carbocycles. The van der Waals surface area contributed by atoms with E-state index in [4.69, 9.17) is 0 Å². The van der Waals surface area contributed by atoms with Gasteiger partial charge in [-0.1, -0.05) is 36.4 Å². The van der Waals surface area contributed by atoms with E-state index in [1.54, 1.807) is 0 Å². The molecule has 0 amide bonds. The second kappa shape index (κ2) is 5.53. The number of benzene rings is 2. The summed E-state index contributed by atoms with van der Waals surface area (Å²) in [4.78, 5) is 0. The van der Waals surface area contributed by atoms with Crippen LogP contribution in [0.15, 0.2) is 42.5 Å². The lowest BCUT2D eigenvalue weighted by Crippen LogP contribution is -2.41. The molecule has 0 bridgehead atoms. The Labute approximate surface area is 127 Å². The molecule has 2 aromatic carbocycles. The minimum atomic E-state index is 0.463. The minimum absolute atomic E-state index is 0.463. The van der Waals surface area contributed by atoms with E-state index in [1.807, 2.05) is 0 Å². The van der Waals surface area contributed by atoms with Gasteiger partial charge in [-0.3, -0.25) is 0 Å². The third-order valence-electron chi connectivity index (χ3n) is 4.21. The lowest BCUT2D eigenvalue weighted by atomic mass is 10.1. The average Bonchev–Trinajstić information content (AvgIpc) is 2.83. The quantitative estimate of drug-likeness (QED) is 0.697. The first-order valence-electron chi connectivity index (χ1n) is 7.83. The van der Waals surface area contributed by atoms with Crippen molar-refractivity contribution in [3.8, 4) is 11.1 Å². The third-order valence-corrected chi connectivity index (χ3v) is 4.21. The molecule has 0 fully saturated rings. The zero-order chi connectivity index (χ0) is 15.0. The summed E-state index contributed by atoms with van der Waals surface area (Å²) in [6, 6.07) is 16.2. The molecule has 0 saturated heterocycles. The van der Waals surface area contributed by atoms with Crippen molar-refractivity contribution in [1.29, 1.82) is 0 Å². The summed E-state index contributed by atoms with van der Waals surface area (Å²) >= 11 is 0. The smallest absolute Gasteiger partial charge is 0.0531 e. The number of rotatable bonds is 4. The molecule has 2 nitrogen and oxygen atoms in total. The molecule has 0 spiro atoms. The number of hydrogen-bond donors (Lipinski definition) is 1. The van der Waals surface area contributed by atoms with Gasteiger partial charge < -0.3 is 5.43 Å². The summed E-state index contributed by atoms with van der Waals surface area (Å²) < 4.78 is 0. The molecular formula is C19H24N2. The molecule has 0 aliphatic heterocycles. The van der Waals surface area contributed by atoms with E-state index in [1.165, 1.54) is 27.9 Å². The van der Waals surface area contributed by atoms with Crippen LogP contribution in [0.25, 0.3) is 11.1 Å². The van der Waals surface area contributed by atoms with Crippen molar-refractivity contribution in [1.82, 2.24) is 5.01 Å². The van der Waals surface area contributed by atoms with Crippen LogP contribution in [0.5, 0.6) is 0 Å². The molecule has 0 radical (unpaired) electrons. The minimum Gasteiger partial charge on any atom is -0.318 e. The van der Waals surface area contributed by atoms with Crippen LogP contribution in [0.2, 0.25) is 0 Å². The Balaban J connectivity index is 1.97. The van der Waals surface area contributed by atoms with Gasteiger partial charge in [0.2, 0.25) is 0 Å². The summed E-state index contributed by atoms with van der Waals surface area (Å²) in [5, 5.41) is 2.32. The molecule has 0 heterocycles. The van der Waals surface area contributed by atoms with Crippen molar-refractivity contribution in [3.05, 3.63) is 53.6 Å². The fraction of sp³-hybridized carbons (Fsp3) is 0.368. The normalized spacial score (nSPS) is 12.9. The van der Waals surface area contributed by atoms with Crippen LogP contribution in [-0.4, -0.2) is 17.1 Å². The van der Waals surface area contributed by atoms with Gasteiger partial charge in [-0.2, -0.15) is 0 Å². The maximum absolute atomic E-state index is 3.65. The zero-order valence-corrected chi connectivity index (χ0v) is 13.4. The van der Waals surface area contributed by atoms with Gasteiger partial charge in [0.25, 0.3) is 0 Å². The largest absolute Gasteiger partial charge is 0.318 e. The second-order valence-corrected chi connectivity index (χ2v) is 6.37. The van der Waals surface area contributed by atoms with Gasteiger partial charge >= 0.3 is 0 Å². The zero-order valence-electron chi connectivity index (χ0n) is 13.4. The van der Waals surface area contributed by atoms with E-state index in [0.29, 0.717) is 12.1 Å². The predicted octanol–water partition coefficient (Wildman–Crippen LogP) is 4.70. The number of nitrogens with zero attached hydrogens (tertiary/aromatic N) is 1. The molecule has 3 rings (SSSR count). The number of nitrogens with one attached hydrogen (secondary N) is 1. The van der Waals surface area contributed by atoms with E-state index < -0.39 is 0 Å². The van der Waals surface area contributed by atoms with Crippen molar-refractivity contribution >= 4 is 5.69 Å². The lowest BCUT2D eigenvalue weighted by Gasteiger charge is -2.32. The van der Waals surface area contributed by atoms with Crippen LogP contribution >= 0.6 is 0 Å². The van der Waals surface area contributed by atoms with Gasteiger partial charge in [0.05, 0.1) is 5.69 Å². The summed E-state index contributed by atoms with van der Waals surface area (Å²) in [6.45, 7) is 8.91. The van der Waals surface area contributed by atoms with E-state index in [-0.39, 0.29) is 0 Å². The number of anilines is 1. The van der Waals surface area contributed by atoms with Crippen LogP contribution in [0.1, 0.15) is 38.8 Å². The van der Waals surface area contributed by atoms with Crippen LogP contribution in [-0.2, 0) is 6.42 Å². The van der Waals surface area contributed by atoms with Crippen molar-refractivity contribution in [2.75, 3.05) is 5.43 Å².